The van der Waals surface area contributed by atoms with E-state index in [0.717, 1.165) is 22.3 Å². The molecule has 0 aliphatic heterocycles. The lowest BCUT2D eigenvalue weighted by molar-refractivity contribution is -0.141. The van der Waals surface area contributed by atoms with Crippen LogP contribution in [0.1, 0.15) is 36.3 Å². The van der Waals surface area contributed by atoms with Gasteiger partial charge in [-0.25, -0.2) is 4.79 Å². The maximum absolute atomic E-state index is 12.1. The molecule has 0 aromatic heterocycles. The summed E-state index contributed by atoms with van der Waals surface area (Å²) in [5, 5.41) is 16.6. The molecule has 1 saturated carbocycles. The van der Waals surface area contributed by atoms with Gasteiger partial charge in [-0.2, -0.15) is 0 Å². The largest absolute Gasteiger partial charge is 0.481 e. The predicted octanol–water partition coefficient (Wildman–Crippen LogP) is 2.01. The minimum absolute atomic E-state index is 0.0769. The Bertz CT molecular complexity index is 1060. The number of nitrogens with one attached hydrogen (secondary N) is 3. The minimum Gasteiger partial charge on any atom is -0.481 e. The van der Waals surface area contributed by atoms with Gasteiger partial charge in [-0.15, -0.1) is 0 Å². The number of carbonyl (C=O) groups is 4. The van der Waals surface area contributed by atoms with Gasteiger partial charge in [-0.3, -0.25) is 14.4 Å². The first kappa shape index (κ1) is 23.3. The summed E-state index contributed by atoms with van der Waals surface area (Å²) in [6.45, 7) is -0.434. The van der Waals surface area contributed by atoms with Gasteiger partial charge < -0.3 is 25.8 Å². The quantitative estimate of drug-likeness (QED) is 0.471. The Morgan fingerprint density at radius 1 is 0.853 bits per heavy atom. The van der Waals surface area contributed by atoms with Gasteiger partial charge in [-0.1, -0.05) is 48.5 Å². The molecule has 0 radical (unpaired) electrons. The molecule has 0 saturated heterocycles. The summed E-state index contributed by atoms with van der Waals surface area (Å²) in [6.07, 6.45) is 0.793. The molecule has 2 aliphatic carbocycles. The van der Waals surface area contributed by atoms with E-state index in [2.05, 4.69) is 16.0 Å². The summed E-state index contributed by atoms with van der Waals surface area (Å²) in [5.74, 6) is -2.30. The first-order chi connectivity index (χ1) is 16.4. The third-order valence-corrected chi connectivity index (χ3v) is 6.33. The number of ether oxygens (including phenoxy) is 1. The average molecular weight is 466 g/mol. The minimum atomic E-state index is -0.857. The summed E-state index contributed by atoms with van der Waals surface area (Å²) in [4.78, 5) is 47.1. The maximum Gasteiger partial charge on any atom is 0.407 e. The van der Waals surface area contributed by atoms with E-state index >= 15 is 0 Å². The highest BCUT2D eigenvalue weighted by molar-refractivity contribution is 5.87. The zero-order valence-electron chi connectivity index (χ0n) is 18.6. The fourth-order valence-electron chi connectivity index (χ4n) is 4.66. The number of carboxylic acid groups (broad SMARTS) is 1. The van der Waals surface area contributed by atoms with Crippen LogP contribution in [-0.4, -0.2) is 54.7 Å². The Morgan fingerprint density at radius 2 is 1.47 bits per heavy atom. The van der Waals surface area contributed by atoms with Crippen LogP contribution in [0.15, 0.2) is 48.5 Å². The third kappa shape index (κ3) is 5.36. The van der Waals surface area contributed by atoms with Crippen molar-refractivity contribution in [2.24, 2.45) is 5.92 Å². The van der Waals surface area contributed by atoms with E-state index in [1.165, 1.54) is 0 Å². The topological polar surface area (TPSA) is 134 Å². The number of amides is 3. The number of aliphatic carboxylic acids is 1. The lowest BCUT2D eigenvalue weighted by Gasteiger charge is -2.15. The third-order valence-electron chi connectivity index (χ3n) is 6.33. The van der Waals surface area contributed by atoms with E-state index in [1.54, 1.807) is 0 Å². The molecule has 4 rings (SSSR count). The second kappa shape index (κ2) is 10.4. The van der Waals surface area contributed by atoms with Gasteiger partial charge in [0, 0.05) is 12.0 Å². The molecular formula is C25H27N3O6. The molecule has 2 atom stereocenters. The summed E-state index contributed by atoms with van der Waals surface area (Å²) >= 11 is 0. The van der Waals surface area contributed by atoms with Crippen molar-refractivity contribution in [3.05, 3.63) is 59.7 Å². The van der Waals surface area contributed by atoms with Crippen molar-refractivity contribution in [2.45, 2.75) is 31.2 Å². The van der Waals surface area contributed by atoms with E-state index in [1.807, 2.05) is 48.5 Å². The number of carboxylic acids is 1. The van der Waals surface area contributed by atoms with Crippen LogP contribution in [0.25, 0.3) is 11.1 Å². The first-order valence-corrected chi connectivity index (χ1v) is 11.3. The van der Waals surface area contributed by atoms with Crippen molar-refractivity contribution >= 4 is 23.9 Å². The van der Waals surface area contributed by atoms with Crippen molar-refractivity contribution in [3.8, 4) is 11.1 Å². The number of rotatable bonds is 8. The summed E-state index contributed by atoms with van der Waals surface area (Å²) in [6, 6.07) is 15.8. The van der Waals surface area contributed by atoms with E-state index in [-0.39, 0.29) is 31.7 Å². The Kier molecular flexibility index (Phi) is 7.10. The molecule has 9 heteroatoms. The number of fused-ring (bicyclic) bond motifs is 3. The second-order valence-corrected chi connectivity index (χ2v) is 8.57. The Hall–Kier alpha value is -3.88. The molecule has 1 fully saturated rings. The van der Waals surface area contributed by atoms with Crippen molar-refractivity contribution in [3.63, 3.8) is 0 Å². The number of alkyl carbamates (subject to hydrolysis) is 1. The molecule has 0 heterocycles. The molecule has 9 nitrogen and oxygen atoms in total. The molecule has 34 heavy (non-hydrogen) atoms. The maximum atomic E-state index is 12.1. The molecule has 3 amide bonds. The van der Waals surface area contributed by atoms with Crippen LogP contribution in [0.2, 0.25) is 0 Å². The Morgan fingerprint density at radius 3 is 2.09 bits per heavy atom. The van der Waals surface area contributed by atoms with Gasteiger partial charge in [0.15, 0.2) is 0 Å². The van der Waals surface area contributed by atoms with Crippen molar-refractivity contribution in [2.75, 3.05) is 19.7 Å². The molecule has 2 aromatic carbocycles. The zero-order chi connectivity index (χ0) is 24.1. The van der Waals surface area contributed by atoms with Crippen LogP contribution < -0.4 is 16.0 Å². The van der Waals surface area contributed by atoms with E-state index in [0.29, 0.717) is 19.3 Å². The lowest BCUT2D eigenvalue weighted by Crippen LogP contribution is -2.44. The predicted molar refractivity (Wildman–Crippen MR) is 123 cm³/mol. The molecule has 178 valence electrons. The van der Waals surface area contributed by atoms with Crippen LogP contribution in [0, 0.1) is 5.92 Å². The van der Waals surface area contributed by atoms with Crippen LogP contribution in [-0.2, 0) is 19.1 Å². The van der Waals surface area contributed by atoms with E-state index in [4.69, 9.17) is 9.84 Å². The fourth-order valence-corrected chi connectivity index (χ4v) is 4.66. The fraction of sp³-hybridized carbons (Fsp3) is 0.360. The Balaban J connectivity index is 1.17. The molecule has 2 aromatic rings. The highest BCUT2D eigenvalue weighted by Gasteiger charge is 2.31. The standard InChI is InChI=1S/C25H27N3O6/c29-22(26-13-23(30)28-16-10-9-15(11-16)24(31)32)12-27-25(33)34-14-21-19-7-3-1-5-17(19)18-6-2-4-8-20(18)21/h1-8,15-16,21H,9-14H2,(H,26,29)(H,27,33)(H,28,30)(H,31,32). The monoisotopic (exact) mass is 465 g/mol. The molecule has 4 N–H and O–H groups in total. The Labute approximate surface area is 196 Å². The second-order valence-electron chi connectivity index (χ2n) is 8.57. The molecule has 0 spiro atoms. The van der Waals surface area contributed by atoms with Crippen LogP contribution in [0.4, 0.5) is 4.79 Å². The number of carbonyl (C=O) groups excluding carboxylic acids is 3. The van der Waals surface area contributed by atoms with Gasteiger partial charge in [0.1, 0.15) is 13.2 Å². The first-order valence-electron chi connectivity index (χ1n) is 11.3. The number of hydrogen-bond acceptors (Lipinski definition) is 5. The van der Waals surface area contributed by atoms with Crippen LogP contribution in [0.3, 0.4) is 0 Å². The van der Waals surface area contributed by atoms with Gasteiger partial charge in [0.2, 0.25) is 11.8 Å². The smallest absolute Gasteiger partial charge is 0.407 e. The highest BCUT2D eigenvalue weighted by Crippen LogP contribution is 2.44. The molecule has 2 aliphatic rings. The van der Waals surface area contributed by atoms with Crippen molar-refractivity contribution < 1.29 is 29.0 Å². The van der Waals surface area contributed by atoms with Crippen molar-refractivity contribution in [1.29, 1.82) is 0 Å². The molecular weight excluding hydrogens is 438 g/mol. The summed E-state index contributed by atoms with van der Waals surface area (Å²) < 4.78 is 5.38. The van der Waals surface area contributed by atoms with E-state index < -0.39 is 29.8 Å². The van der Waals surface area contributed by atoms with Gasteiger partial charge >= 0.3 is 12.1 Å². The number of hydrogen-bond donors (Lipinski definition) is 4. The summed E-state index contributed by atoms with van der Waals surface area (Å²) in [7, 11) is 0. The van der Waals surface area contributed by atoms with Gasteiger partial charge in [0.25, 0.3) is 0 Å². The van der Waals surface area contributed by atoms with Gasteiger partial charge in [0.05, 0.1) is 12.5 Å². The van der Waals surface area contributed by atoms with Gasteiger partial charge in [-0.05, 0) is 41.5 Å². The zero-order valence-corrected chi connectivity index (χ0v) is 18.6. The normalized spacial score (nSPS) is 18.5. The molecule has 0 bridgehead atoms. The lowest BCUT2D eigenvalue weighted by atomic mass is 9.98. The molecule has 2 unspecified atom stereocenters. The van der Waals surface area contributed by atoms with E-state index in [9.17, 15) is 19.2 Å². The number of benzene rings is 2. The van der Waals surface area contributed by atoms with Crippen molar-refractivity contribution in [1.82, 2.24) is 16.0 Å². The van der Waals surface area contributed by atoms with Crippen LogP contribution >= 0.6 is 0 Å². The highest BCUT2D eigenvalue weighted by atomic mass is 16.5. The average Bonchev–Trinajstić information content (AvgIpc) is 3.43. The van der Waals surface area contributed by atoms with Crippen LogP contribution in [0.5, 0.6) is 0 Å². The SMILES string of the molecule is O=C(CNC(=O)OCC1c2ccccc2-c2ccccc21)NCC(=O)NC1CCC(C(=O)O)C1. The summed E-state index contributed by atoms with van der Waals surface area (Å²) in [5.41, 5.74) is 4.44.